The smallest absolute Gasteiger partial charge is 0.265 e. The van der Waals surface area contributed by atoms with Crippen LogP contribution in [0.2, 0.25) is 0 Å². The normalized spacial score (nSPS) is 11.3. The van der Waals surface area contributed by atoms with Gasteiger partial charge < -0.3 is 5.73 Å². The molecular weight excluding hydrogens is 356 g/mol. The van der Waals surface area contributed by atoms with Crippen LogP contribution in [0.25, 0.3) is 0 Å². The summed E-state index contributed by atoms with van der Waals surface area (Å²) in [6, 6.07) is 3.90. The van der Waals surface area contributed by atoms with Crippen molar-refractivity contribution in [3.63, 3.8) is 0 Å². The van der Waals surface area contributed by atoms with E-state index < -0.39 is 21.7 Å². The van der Waals surface area contributed by atoms with Gasteiger partial charge in [-0.25, -0.2) is 22.2 Å². The van der Waals surface area contributed by atoms with Gasteiger partial charge in [0.05, 0.1) is 5.69 Å². The maximum Gasteiger partial charge on any atom is 0.265 e. The monoisotopic (exact) mass is 363 g/mol. The van der Waals surface area contributed by atoms with Crippen LogP contribution in [0.4, 0.5) is 20.3 Å². The number of rotatable bonds is 3. The lowest BCUT2D eigenvalue weighted by molar-refractivity contribution is 0.509. The fourth-order valence-electron chi connectivity index (χ4n) is 1.42. The average molecular weight is 364 g/mol. The third-order valence-electron chi connectivity index (χ3n) is 2.31. The SMILES string of the molecule is Nc1ncc(Br)cc1S(=O)(=O)Nc1ccc(F)c(F)c1. The number of hydrogen-bond acceptors (Lipinski definition) is 4. The maximum atomic E-state index is 13.0. The van der Waals surface area contributed by atoms with Crippen molar-refractivity contribution in [3.05, 3.63) is 46.6 Å². The van der Waals surface area contributed by atoms with Crippen LogP contribution in [0.1, 0.15) is 0 Å². The van der Waals surface area contributed by atoms with Crippen LogP contribution in [-0.4, -0.2) is 13.4 Å². The van der Waals surface area contributed by atoms with E-state index in [1.165, 1.54) is 12.3 Å². The highest BCUT2D eigenvalue weighted by atomic mass is 79.9. The van der Waals surface area contributed by atoms with Gasteiger partial charge in [0, 0.05) is 16.7 Å². The van der Waals surface area contributed by atoms with Crippen molar-refractivity contribution in [1.82, 2.24) is 4.98 Å². The van der Waals surface area contributed by atoms with E-state index >= 15 is 0 Å². The van der Waals surface area contributed by atoms with Gasteiger partial charge in [0.2, 0.25) is 0 Å². The van der Waals surface area contributed by atoms with Gasteiger partial charge in [-0.3, -0.25) is 4.72 Å². The zero-order chi connectivity index (χ0) is 14.9. The Morgan fingerprint density at radius 1 is 1.20 bits per heavy atom. The molecule has 0 fully saturated rings. The molecule has 0 spiro atoms. The molecule has 0 saturated carbocycles. The summed E-state index contributed by atoms with van der Waals surface area (Å²) in [7, 11) is -4.05. The largest absolute Gasteiger partial charge is 0.383 e. The fourth-order valence-corrected chi connectivity index (χ4v) is 3.06. The standard InChI is InChI=1S/C11H8BrF2N3O2S/c12-6-3-10(11(15)16-5-6)20(18,19)17-7-1-2-8(13)9(14)4-7/h1-5,17H,(H2,15,16). The number of hydrogen-bond donors (Lipinski definition) is 2. The molecule has 0 bridgehead atoms. The van der Waals surface area contributed by atoms with Crippen LogP contribution < -0.4 is 10.5 Å². The molecule has 0 unspecified atom stereocenters. The minimum atomic E-state index is -4.05. The molecular formula is C11H8BrF2N3O2S. The number of nitrogens with one attached hydrogen (secondary N) is 1. The quantitative estimate of drug-likeness (QED) is 0.877. The summed E-state index contributed by atoms with van der Waals surface area (Å²) in [4.78, 5) is 3.43. The predicted octanol–water partition coefficient (Wildman–Crippen LogP) is 2.51. The van der Waals surface area contributed by atoms with Gasteiger partial charge in [-0.15, -0.1) is 0 Å². The Labute approximate surface area is 122 Å². The molecule has 0 radical (unpaired) electrons. The van der Waals surface area contributed by atoms with Crippen LogP contribution in [0.5, 0.6) is 0 Å². The number of benzene rings is 1. The Kier molecular flexibility index (Phi) is 3.91. The number of nitrogens with zero attached hydrogens (tertiary/aromatic N) is 1. The second-order valence-electron chi connectivity index (χ2n) is 3.77. The molecule has 0 aliphatic carbocycles. The first kappa shape index (κ1) is 14.7. The van der Waals surface area contributed by atoms with E-state index in [4.69, 9.17) is 5.73 Å². The van der Waals surface area contributed by atoms with Crippen molar-refractivity contribution in [2.24, 2.45) is 0 Å². The van der Waals surface area contributed by atoms with E-state index in [-0.39, 0.29) is 16.4 Å². The molecule has 0 saturated heterocycles. The molecule has 3 N–H and O–H groups in total. The number of anilines is 2. The highest BCUT2D eigenvalue weighted by molar-refractivity contribution is 9.10. The van der Waals surface area contributed by atoms with Crippen molar-refractivity contribution in [3.8, 4) is 0 Å². The Hall–Kier alpha value is -1.74. The molecule has 0 atom stereocenters. The van der Waals surface area contributed by atoms with Crippen molar-refractivity contribution >= 4 is 37.5 Å². The van der Waals surface area contributed by atoms with Crippen LogP contribution in [0.3, 0.4) is 0 Å². The average Bonchev–Trinajstić information content (AvgIpc) is 2.36. The van der Waals surface area contributed by atoms with Gasteiger partial charge in [-0.05, 0) is 34.1 Å². The number of pyridine rings is 1. The Morgan fingerprint density at radius 2 is 1.90 bits per heavy atom. The van der Waals surface area contributed by atoms with Gasteiger partial charge >= 0.3 is 0 Å². The zero-order valence-corrected chi connectivity index (χ0v) is 12.2. The number of nitrogens with two attached hydrogens (primary N) is 1. The lowest BCUT2D eigenvalue weighted by atomic mass is 10.3. The zero-order valence-electron chi connectivity index (χ0n) is 9.77. The summed E-state index contributed by atoms with van der Waals surface area (Å²) in [5.41, 5.74) is 5.38. The molecule has 1 aromatic carbocycles. The minimum absolute atomic E-state index is 0.122. The fraction of sp³-hybridized carbons (Fsp3) is 0. The van der Waals surface area contributed by atoms with E-state index in [0.717, 1.165) is 18.2 Å². The first-order valence-electron chi connectivity index (χ1n) is 5.18. The van der Waals surface area contributed by atoms with E-state index in [0.29, 0.717) is 4.47 Å². The first-order chi connectivity index (χ1) is 9.29. The van der Waals surface area contributed by atoms with Gasteiger partial charge in [0.15, 0.2) is 11.6 Å². The van der Waals surface area contributed by atoms with Crippen LogP contribution >= 0.6 is 15.9 Å². The van der Waals surface area contributed by atoms with Gasteiger partial charge in [-0.2, -0.15) is 0 Å². The molecule has 0 amide bonds. The van der Waals surface area contributed by atoms with E-state index in [2.05, 4.69) is 25.6 Å². The number of aromatic nitrogens is 1. The number of halogens is 3. The second-order valence-corrected chi connectivity index (χ2v) is 6.34. The van der Waals surface area contributed by atoms with Gasteiger partial charge in [0.1, 0.15) is 10.7 Å². The molecule has 106 valence electrons. The maximum absolute atomic E-state index is 13.0. The molecule has 9 heteroatoms. The number of nitrogen functional groups attached to an aromatic ring is 1. The van der Waals surface area contributed by atoms with E-state index in [9.17, 15) is 17.2 Å². The summed E-state index contributed by atoms with van der Waals surface area (Å²) >= 11 is 3.08. The topological polar surface area (TPSA) is 85.1 Å². The number of sulfonamides is 1. The molecule has 1 aromatic heterocycles. The van der Waals surface area contributed by atoms with Crippen molar-refractivity contribution in [1.29, 1.82) is 0 Å². The molecule has 0 aliphatic heterocycles. The molecule has 2 aromatic rings. The Bertz CT molecular complexity index is 768. The second kappa shape index (κ2) is 5.33. The highest BCUT2D eigenvalue weighted by Crippen LogP contribution is 2.23. The predicted molar refractivity (Wildman–Crippen MR) is 73.5 cm³/mol. The van der Waals surface area contributed by atoms with Crippen molar-refractivity contribution in [2.75, 3.05) is 10.5 Å². The van der Waals surface area contributed by atoms with Crippen LogP contribution in [0.15, 0.2) is 39.8 Å². The summed E-state index contributed by atoms with van der Waals surface area (Å²) in [6.07, 6.45) is 1.34. The first-order valence-corrected chi connectivity index (χ1v) is 7.46. The lowest BCUT2D eigenvalue weighted by Gasteiger charge is -2.10. The Morgan fingerprint density at radius 3 is 2.55 bits per heavy atom. The summed E-state index contributed by atoms with van der Waals surface area (Å²) in [5.74, 6) is -2.44. The molecule has 1 heterocycles. The summed E-state index contributed by atoms with van der Waals surface area (Å²) < 4.78 is 52.5. The van der Waals surface area contributed by atoms with Crippen molar-refractivity contribution in [2.45, 2.75) is 4.90 Å². The van der Waals surface area contributed by atoms with Crippen LogP contribution in [0, 0.1) is 11.6 Å². The lowest BCUT2D eigenvalue weighted by Crippen LogP contribution is -2.15. The third kappa shape index (κ3) is 3.05. The highest BCUT2D eigenvalue weighted by Gasteiger charge is 2.19. The van der Waals surface area contributed by atoms with Crippen molar-refractivity contribution < 1.29 is 17.2 Å². The van der Waals surface area contributed by atoms with Gasteiger partial charge in [0.25, 0.3) is 10.0 Å². The minimum Gasteiger partial charge on any atom is -0.383 e. The third-order valence-corrected chi connectivity index (χ3v) is 4.15. The molecule has 5 nitrogen and oxygen atoms in total. The van der Waals surface area contributed by atoms with Gasteiger partial charge in [-0.1, -0.05) is 0 Å². The summed E-state index contributed by atoms with van der Waals surface area (Å²) in [6.45, 7) is 0. The summed E-state index contributed by atoms with van der Waals surface area (Å²) in [5, 5.41) is 0. The van der Waals surface area contributed by atoms with Crippen LogP contribution in [-0.2, 0) is 10.0 Å². The molecule has 2 rings (SSSR count). The molecule has 0 aliphatic rings. The van der Waals surface area contributed by atoms with E-state index in [1.807, 2.05) is 0 Å². The van der Waals surface area contributed by atoms with E-state index in [1.54, 1.807) is 0 Å². The molecule has 20 heavy (non-hydrogen) atoms. The Balaban J connectivity index is 2.40.